The van der Waals surface area contributed by atoms with Crippen molar-refractivity contribution in [3.63, 3.8) is 0 Å². The zero-order valence-corrected chi connectivity index (χ0v) is 12.9. The molecular weight excluding hydrogens is 274 g/mol. The van der Waals surface area contributed by atoms with Gasteiger partial charge in [0.05, 0.1) is 0 Å². The average molecular weight is 291 g/mol. The molecule has 0 aliphatic heterocycles. The summed E-state index contributed by atoms with van der Waals surface area (Å²) in [5, 5.41) is 1.91. The fraction of sp³-hybridized carbons (Fsp3) is 0.400. The Kier molecular flexibility index (Phi) is 3.46. The molecule has 100 valence electrons. The first-order chi connectivity index (χ1) is 9.15. The molecule has 0 spiro atoms. The van der Waals surface area contributed by atoms with Crippen molar-refractivity contribution in [3.8, 4) is 5.75 Å². The molecule has 0 N–H and O–H groups in total. The van der Waals surface area contributed by atoms with Crippen molar-refractivity contribution in [1.82, 2.24) is 4.90 Å². The van der Waals surface area contributed by atoms with Gasteiger partial charge in [-0.25, -0.2) is 0 Å². The van der Waals surface area contributed by atoms with Crippen LogP contribution in [0.15, 0.2) is 18.2 Å². The molecule has 0 unspecified atom stereocenters. The van der Waals surface area contributed by atoms with Gasteiger partial charge >= 0.3 is 0 Å². The number of ether oxygens (including phenoxy) is 1. The highest BCUT2D eigenvalue weighted by molar-refractivity contribution is 7.80. The molecule has 1 aromatic heterocycles. The predicted molar refractivity (Wildman–Crippen MR) is 85.4 cm³/mol. The van der Waals surface area contributed by atoms with Gasteiger partial charge in [-0.3, -0.25) is 0 Å². The molecule has 1 aliphatic rings. The maximum atomic E-state index is 5.68. The minimum Gasteiger partial charge on any atom is -0.432 e. The van der Waals surface area contributed by atoms with Crippen LogP contribution in [0.5, 0.6) is 5.75 Å². The van der Waals surface area contributed by atoms with E-state index in [2.05, 4.69) is 12.1 Å². The molecule has 0 saturated heterocycles. The van der Waals surface area contributed by atoms with E-state index in [1.165, 1.54) is 35.8 Å². The van der Waals surface area contributed by atoms with Gasteiger partial charge in [0.25, 0.3) is 5.17 Å². The Labute approximate surface area is 123 Å². The number of nitrogens with zero attached hydrogens (tertiary/aromatic N) is 1. The van der Waals surface area contributed by atoms with Crippen LogP contribution in [-0.4, -0.2) is 24.2 Å². The van der Waals surface area contributed by atoms with Gasteiger partial charge in [-0.15, -0.1) is 11.3 Å². The summed E-state index contributed by atoms with van der Waals surface area (Å²) in [7, 11) is 3.79. The highest BCUT2D eigenvalue weighted by Crippen LogP contribution is 2.37. The Balaban J connectivity index is 1.95. The average Bonchev–Trinajstić information content (AvgIpc) is 2.76. The fourth-order valence-corrected chi connectivity index (χ4v) is 3.92. The zero-order chi connectivity index (χ0) is 13.4. The van der Waals surface area contributed by atoms with Crippen LogP contribution in [0.25, 0.3) is 10.1 Å². The molecule has 2 nitrogen and oxygen atoms in total. The van der Waals surface area contributed by atoms with Crippen molar-refractivity contribution in [2.75, 3.05) is 14.1 Å². The van der Waals surface area contributed by atoms with Gasteiger partial charge in [0, 0.05) is 23.7 Å². The molecule has 1 aromatic carbocycles. The molecule has 0 fully saturated rings. The number of benzene rings is 1. The van der Waals surface area contributed by atoms with Crippen LogP contribution in [0, 0.1) is 0 Å². The minimum absolute atomic E-state index is 0.501. The van der Waals surface area contributed by atoms with E-state index in [1.54, 1.807) is 15.3 Å². The third-order valence-electron chi connectivity index (χ3n) is 3.50. The van der Waals surface area contributed by atoms with Gasteiger partial charge in [-0.1, -0.05) is 0 Å². The smallest absolute Gasteiger partial charge is 0.264 e. The molecule has 0 radical (unpaired) electrons. The summed E-state index contributed by atoms with van der Waals surface area (Å²) in [6.45, 7) is 0. The maximum absolute atomic E-state index is 5.68. The van der Waals surface area contributed by atoms with Gasteiger partial charge in [0.15, 0.2) is 0 Å². The molecule has 1 heterocycles. The van der Waals surface area contributed by atoms with Crippen LogP contribution < -0.4 is 4.74 Å². The van der Waals surface area contributed by atoms with Gasteiger partial charge in [-0.2, -0.15) is 0 Å². The van der Waals surface area contributed by atoms with E-state index in [0.29, 0.717) is 5.17 Å². The molecule has 2 aromatic rings. The van der Waals surface area contributed by atoms with Crippen LogP contribution in [-0.2, 0) is 12.8 Å². The van der Waals surface area contributed by atoms with Crippen molar-refractivity contribution in [2.24, 2.45) is 0 Å². The van der Waals surface area contributed by atoms with Crippen LogP contribution in [0.1, 0.15) is 23.3 Å². The Hall–Kier alpha value is -1.13. The first-order valence-electron chi connectivity index (χ1n) is 6.58. The van der Waals surface area contributed by atoms with Crippen LogP contribution in [0.4, 0.5) is 0 Å². The molecule has 0 amide bonds. The molecule has 19 heavy (non-hydrogen) atoms. The topological polar surface area (TPSA) is 12.5 Å². The van der Waals surface area contributed by atoms with Gasteiger partial charge in [0.1, 0.15) is 5.75 Å². The van der Waals surface area contributed by atoms with Crippen LogP contribution in [0.3, 0.4) is 0 Å². The van der Waals surface area contributed by atoms with Gasteiger partial charge in [0.2, 0.25) is 0 Å². The highest BCUT2D eigenvalue weighted by atomic mass is 32.1. The number of hydrogen-bond acceptors (Lipinski definition) is 3. The van der Waals surface area contributed by atoms with E-state index in [0.717, 1.165) is 5.75 Å². The van der Waals surface area contributed by atoms with Gasteiger partial charge < -0.3 is 9.64 Å². The van der Waals surface area contributed by atoms with Crippen molar-refractivity contribution < 1.29 is 4.74 Å². The second kappa shape index (κ2) is 5.10. The summed E-state index contributed by atoms with van der Waals surface area (Å²) in [6, 6.07) is 6.33. The SMILES string of the molecule is CN(C)C(=S)Oc1ccc2c3c(sc2c1)CCCC3. The molecule has 4 heteroatoms. The van der Waals surface area contributed by atoms with Crippen molar-refractivity contribution in [3.05, 3.63) is 28.6 Å². The number of fused-ring (bicyclic) bond motifs is 3. The summed E-state index contributed by atoms with van der Waals surface area (Å²) in [6.07, 6.45) is 5.11. The van der Waals surface area contributed by atoms with E-state index in [9.17, 15) is 0 Å². The largest absolute Gasteiger partial charge is 0.432 e. The summed E-state index contributed by atoms with van der Waals surface area (Å²) >= 11 is 7.09. The molecule has 0 bridgehead atoms. The lowest BCUT2D eigenvalue weighted by Crippen LogP contribution is -2.24. The van der Waals surface area contributed by atoms with Crippen molar-refractivity contribution >= 4 is 38.8 Å². The monoisotopic (exact) mass is 291 g/mol. The first-order valence-corrected chi connectivity index (χ1v) is 7.81. The summed E-state index contributed by atoms with van der Waals surface area (Å²) in [5.41, 5.74) is 1.56. The van der Waals surface area contributed by atoms with E-state index in [-0.39, 0.29) is 0 Å². The molecule has 1 aliphatic carbocycles. The number of hydrogen-bond donors (Lipinski definition) is 0. The third-order valence-corrected chi connectivity index (χ3v) is 5.20. The lowest BCUT2D eigenvalue weighted by atomic mass is 9.96. The quantitative estimate of drug-likeness (QED) is 0.737. The molecular formula is C15H17NOS2. The molecule has 3 rings (SSSR count). The number of rotatable bonds is 1. The maximum Gasteiger partial charge on any atom is 0.264 e. The lowest BCUT2D eigenvalue weighted by Gasteiger charge is -2.14. The van der Waals surface area contributed by atoms with Gasteiger partial charge in [-0.05, 0) is 67.0 Å². The Morgan fingerprint density at radius 2 is 2.05 bits per heavy atom. The normalized spacial score (nSPS) is 14.2. The second-order valence-corrected chi connectivity index (χ2v) is 6.62. The molecule has 0 saturated carbocycles. The Bertz CT molecular complexity index is 630. The van der Waals surface area contributed by atoms with E-state index in [1.807, 2.05) is 31.5 Å². The summed E-state index contributed by atoms with van der Waals surface area (Å²) in [5.74, 6) is 0.838. The van der Waals surface area contributed by atoms with E-state index < -0.39 is 0 Å². The standard InChI is InChI=1S/C15H17NOS2/c1-16(2)15(18)17-10-7-8-12-11-5-3-4-6-13(11)19-14(12)9-10/h7-9H,3-6H2,1-2H3. The zero-order valence-electron chi connectivity index (χ0n) is 11.2. The predicted octanol–water partition coefficient (Wildman–Crippen LogP) is 4.01. The summed E-state index contributed by atoms with van der Waals surface area (Å²) < 4.78 is 7.00. The van der Waals surface area contributed by atoms with Crippen molar-refractivity contribution in [2.45, 2.75) is 25.7 Å². The Morgan fingerprint density at radius 3 is 2.84 bits per heavy atom. The first kappa shape index (κ1) is 12.9. The molecule has 0 atom stereocenters. The van der Waals surface area contributed by atoms with Crippen molar-refractivity contribution in [1.29, 1.82) is 0 Å². The van der Waals surface area contributed by atoms with Crippen LogP contribution >= 0.6 is 23.6 Å². The van der Waals surface area contributed by atoms with E-state index in [4.69, 9.17) is 17.0 Å². The summed E-state index contributed by atoms with van der Waals surface area (Å²) in [4.78, 5) is 3.37. The number of thiophene rings is 1. The minimum atomic E-state index is 0.501. The second-order valence-electron chi connectivity index (χ2n) is 5.13. The number of thiocarbonyl (C=S) groups is 1. The Morgan fingerprint density at radius 1 is 1.26 bits per heavy atom. The lowest BCUT2D eigenvalue weighted by molar-refractivity contribution is 0.450. The third kappa shape index (κ3) is 2.47. The fourth-order valence-electron chi connectivity index (χ4n) is 2.50. The highest BCUT2D eigenvalue weighted by Gasteiger charge is 2.16. The van der Waals surface area contributed by atoms with Crippen LogP contribution in [0.2, 0.25) is 0 Å². The van der Waals surface area contributed by atoms with E-state index >= 15 is 0 Å². The number of aryl methyl sites for hydroxylation is 2.